The van der Waals surface area contributed by atoms with Crippen LogP contribution < -0.4 is 0 Å². The van der Waals surface area contributed by atoms with Crippen LogP contribution in [0.5, 0.6) is 0 Å². The summed E-state index contributed by atoms with van der Waals surface area (Å²) in [5.41, 5.74) is 0.497. The van der Waals surface area contributed by atoms with E-state index in [1.807, 2.05) is 5.38 Å². The van der Waals surface area contributed by atoms with Crippen LogP contribution in [0.4, 0.5) is 0 Å². The molecular weight excluding hydrogens is 316 g/mol. The molecule has 6 heteroatoms. The van der Waals surface area contributed by atoms with Crippen molar-refractivity contribution >= 4 is 40.3 Å². The van der Waals surface area contributed by atoms with E-state index in [-0.39, 0.29) is 11.6 Å². The lowest BCUT2D eigenvalue weighted by Crippen LogP contribution is -2.01. The highest BCUT2D eigenvalue weighted by Crippen LogP contribution is 2.31. The zero-order chi connectivity index (χ0) is 15.9. The number of aromatic nitrogens is 2. The van der Waals surface area contributed by atoms with Crippen molar-refractivity contribution in [3.8, 4) is 10.0 Å². The summed E-state index contributed by atoms with van der Waals surface area (Å²) in [5.74, 6) is 0.240. The van der Waals surface area contributed by atoms with Gasteiger partial charge in [-0.15, -0.1) is 22.7 Å². The second-order valence-electron chi connectivity index (χ2n) is 4.96. The van der Waals surface area contributed by atoms with E-state index in [0.29, 0.717) is 18.5 Å². The van der Waals surface area contributed by atoms with Gasteiger partial charge in [0.1, 0.15) is 11.5 Å². The monoisotopic (exact) mass is 334 g/mol. The quantitative estimate of drug-likeness (QED) is 0.495. The average molecular weight is 334 g/mol. The first-order chi connectivity index (χ1) is 10.6. The third-order valence-electron chi connectivity index (χ3n) is 3.15. The van der Waals surface area contributed by atoms with Crippen LogP contribution in [0.1, 0.15) is 54.4 Å². The molecule has 2 rings (SSSR count). The lowest BCUT2D eigenvalue weighted by Gasteiger charge is -1.99. The number of hydrogen-bond acceptors (Lipinski definition) is 6. The van der Waals surface area contributed by atoms with Gasteiger partial charge in [-0.2, -0.15) is 0 Å². The Bertz CT molecular complexity index is 660. The van der Waals surface area contributed by atoms with E-state index in [1.165, 1.54) is 22.7 Å². The number of ketones is 2. The van der Waals surface area contributed by atoms with Gasteiger partial charge in [0.15, 0.2) is 15.8 Å². The van der Waals surface area contributed by atoms with Gasteiger partial charge in [0.25, 0.3) is 0 Å². The highest BCUT2D eigenvalue weighted by atomic mass is 32.1. The first-order valence-electron chi connectivity index (χ1n) is 7.17. The summed E-state index contributed by atoms with van der Waals surface area (Å²) in [7, 11) is 0. The van der Waals surface area contributed by atoms with E-state index in [4.69, 9.17) is 0 Å². The number of carbonyl (C=O) groups is 2. The van der Waals surface area contributed by atoms with Crippen LogP contribution in [-0.2, 0) is 4.79 Å². The first-order valence-corrected chi connectivity index (χ1v) is 8.87. The summed E-state index contributed by atoms with van der Waals surface area (Å²) in [6, 6.07) is 0. The van der Waals surface area contributed by atoms with Gasteiger partial charge in [-0.05, 0) is 25.8 Å². The predicted molar refractivity (Wildman–Crippen MR) is 91.4 cm³/mol. The van der Waals surface area contributed by atoms with Crippen LogP contribution in [0.25, 0.3) is 16.1 Å². The Balaban J connectivity index is 1.97. The molecule has 0 aliphatic carbocycles. The molecule has 4 nitrogen and oxygen atoms in total. The lowest BCUT2D eigenvalue weighted by molar-refractivity contribution is -0.117. The van der Waals surface area contributed by atoms with Crippen LogP contribution in [0.15, 0.2) is 18.2 Å². The molecule has 0 N–H and O–H groups in total. The van der Waals surface area contributed by atoms with Gasteiger partial charge in [-0.25, -0.2) is 9.97 Å². The molecule has 2 aromatic rings. The maximum absolute atomic E-state index is 12.3. The molecule has 0 fully saturated rings. The molecule has 0 saturated heterocycles. The molecule has 0 amide bonds. The summed E-state index contributed by atoms with van der Waals surface area (Å²) in [5, 5.41) is 3.49. The fraction of sp³-hybridized carbons (Fsp3) is 0.375. The van der Waals surface area contributed by atoms with Gasteiger partial charge in [0.05, 0.1) is 4.88 Å². The first kappa shape index (κ1) is 16.7. The van der Waals surface area contributed by atoms with Crippen molar-refractivity contribution in [1.29, 1.82) is 0 Å². The van der Waals surface area contributed by atoms with Gasteiger partial charge < -0.3 is 4.79 Å². The summed E-state index contributed by atoms with van der Waals surface area (Å²) in [4.78, 5) is 32.7. The minimum Gasteiger partial charge on any atom is -0.300 e. The highest BCUT2D eigenvalue weighted by Gasteiger charge is 2.17. The standard InChI is InChI=1S/C16H18N2O2S2/c1-3-13-14(12(20)8-6-4-5-7-11(2)19)18-16(22-13)15-17-9-10-21-15/h3,9-10H,1,4-8H2,2H3. The molecule has 0 radical (unpaired) electrons. The molecule has 0 atom stereocenters. The smallest absolute Gasteiger partial charge is 0.182 e. The largest absolute Gasteiger partial charge is 0.300 e. The minimum atomic E-state index is 0.0387. The third kappa shape index (κ3) is 4.42. The molecule has 0 aliphatic rings. The van der Waals surface area contributed by atoms with Crippen LogP contribution in [0, 0.1) is 0 Å². The SMILES string of the molecule is C=Cc1sc(-c2nccs2)nc1C(=O)CCCCCC(C)=O. The molecule has 116 valence electrons. The average Bonchev–Trinajstić information content (AvgIpc) is 3.15. The van der Waals surface area contributed by atoms with E-state index in [2.05, 4.69) is 16.5 Å². The summed E-state index contributed by atoms with van der Waals surface area (Å²) in [6.45, 7) is 5.36. The number of Topliss-reactive ketones (excluding diaryl/α,β-unsaturated/α-hetero) is 2. The molecule has 2 aromatic heterocycles. The zero-order valence-corrected chi connectivity index (χ0v) is 14.1. The van der Waals surface area contributed by atoms with Gasteiger partial charge in [0.2, 0.25) is 0 Å². The Kier molecular flexibility index (Phi) is 6.15. The number of thiazole rings is 2. The zero-order valence-electron chi connectivity index (χ0n) is 12.5. The van der Waals surface area contributed by atoms with E-state index < -0.39 is 0 Å². The maximum atomic E-state index is 12.3. The Hall–Kier alpha value is -1.66. The van der Waals surface area contributed by atoms with Crippen molar-refractivity contribution in [1.82, 2.24) is 9.97 Å². The van der Waals surface area contributed by atoms with Crippen molar-refractivity contribution in [2.24, 2.45) is 0 Å². The number of nitrogens with zero attached hydrogens (tertiary/aromatic N) is 2. The van der Waals surface area contributed by atoms with Gasteiger partial charge in [0, 0.05) is 24.4 Å². The van der Waals surface area contributed by atoms with E-state index >= 15 is 0 Å². The van der Waals surface area contributed by atoms with Crippen molar-refractivity contribution < 1.29 is 9.59 Å². The number of carbonyl (C=O) groups excluding carboxylic acids is 2. The topological polar surface area (TPSA) is 59.9 Å². The normalized spacial score (nSPS) is 10.6. The summed E-state index contributed by atoms with van der Waals surface area (Å²) >= 11 is 2.95. The van der Waals surface area contributed by atoms with Crippen LogP contribution >= 0.6 is 22.7 Å². The third-order valence-corrected chi connectivity index (χ3v) is 5.12. The fourth-order valence-corrected chi connectivity index (χ4v) is 3.66. The van der Waals surface area contributed by atoms with Crippen LogP contribution in [0.3, 0.4) is 0 Å². The molecular formula is C16H18N2O2S2. The van der Waals surface area contributed by atoms with E-state index in [9.17, 15) is 9.59 Å². The van der Waals surface area contributed by atoms with Crippen molar-refractivity contribution in [2.45, 2.75) is 39.0 Å². The van der Waals surface area contributed by atoms with E-state index in [0.717, 1.165) is 34.2 Å². The Labute approximate surface area is 137 Å². The van der Waals surface area contributed by atoms with E-state index in [1.54, 1.807) is 19.2 Å². The van der Waals surface area contributed by atoms with Crippen LogP contribution in [0.2, 0.25) is 0 Å². The lowest BCUT2D eigenvalue weighted by atomic mass is 10.1. The fourth-order valence-electron chi connectivity index (χ4n) is 2.05. The Morgan fingerprint density at radius 3 is 2.64 bits per heavy atom. The molecule has 22 heavy (non-hydrogen) atoms. The van der Waals surface area contributed by atoms with Crippen molar-refractivity contribution in [3.05, 3.63) is 28.7 Å². The second kappa shape index (κ2) is 8.10. The Morgan fingerprint density at radius 2 is 2.00 bits per heavy atom. The highest BCUT2D eigenvalue weighted by molar-refractivity contribution is 7.21. The summed E-state index contributed by atoms with van der Waals surface area (Å²) in [6.07, 6.45) is 6.98. The van der Waals surface area contributed by atoms with Crippen LogP contribution in [-0.4, -0.2) is 21.5 Å². The molecule has 0 aliphatic heterocycles. The van der Waals surface area contributed by atoms with Crippen molar-refractivity contribution in [2.75, 3.05) is 0 Å². The van der Waals surface area contributed by atoms with Gasteiger partial charge in [-0.1, -0.05) is 13.0 Å². The predicted octanol–water partition coefficient (Wildman–Crippen LogP) is 4.63. The Morgan fingerprint density at radius 1 is 1.23 bits per heavy atom. The maximum Gasteiger partial charge on any atom is 0.182 e. The summed E-state index contributed by atoms with van der Waals surface area (Å²) < 4.78 is 0. The number of rotatable bonds is 9. The van der Waals surface area contributed by atoms with Gasteiger partial charge >= 0.3 is 0 Å². The molecule has 0 aromatic carbocycles. The molecule has 0 saturated carbocycles. The molecule has 2 heterocycles. The second-order valence-corrected chi connectivity index (χ2v) is 6.88. The minimum absolute atomic E-state index is 0.0387. The molecule has 0 bridgehead atoms. The van der Waals surface area contributed by atoms with Gasteiger partial charge in [-0.3, -0.25) is 4.79 Å². The number of unbranched alkanes of at least 4 members (excludes halogenated alkanes) is 2. The number of hydrogen-bond donors (Lipinski definition) is 0. The molecule has 0 unspecified atom stereocenters. The van der Waals surface area contributed by atoms with Crippen molar-refractivity contribution in [3.63, 3.8) is 0 Å². The molecule has 0 spiro atoms.